The Morgan fingerprint density at radius 3 is 2.87 bits per heavy atom. The van der Waals surface area contributed by atoms with Crippen LogP contribution in [0.3, 0.4) is 0 Å². The summed E-state index contributed by atoms with van der Waals surface area (Å²) >= 11 is 0. The predicted molar refractivity (Wildman–Crippen MR) is 56.4 cm³/mol. The van der Waals surface area contributed by atoms with E-state index in [4.69, 9.17) is 4.74 Å². The Morgan fingerprint density at radius 1 is 1.27 bits per heavy atom. The lowest BCUT2D eigenvalue weighted by Crippen LogP contribution is -2.56. The second-order valence-corrected chi connectivity index (χ2v) is 5.73. The number of ether oxygens (including phenoxy) is 1. The van der Waals surface area contributed by atoms with Gasteiger partial charge in [0, 0.05) is 19.1 Å². The fourth-order valence-corrected chi connectivity index (χ4v) is 4.12. The molecule has 0 aromatic carbocycles. The molecule has 0 aromatic rings. The molecule has 4 rings (SSSR count). The predicted octanol–water partition coefficient (Wildman–Crippen LogP) is 1.47. The lowest BCUT2D eigenvalue weighted by Gasteiger charge is -2.47. The van der Waals surface area contributed by atoms with E-state index in [9.17, 15) is 4.79 Å². The summed E-state index contributed by atoms with van der Waals surface area (Å²) in [4.78, 5) is 11.3. The van der Waals surface area contributed by atoms with Crippen LogP contribution in [0.1, 0.15) is 39.0 Å². The Morgan fingerprint density at radius 2 is 2.07 bits per heavy atom. The summed E-state index contributed by atoms with van der Waals surface area (Å²) in [5.41, 5.74) is 0.0822. The summed E-state index contributed by atoms with van der Waals surface area (Å²) < 4.78 is 5.88. The monoisotopic (exact) mass is 209 g/mol. The molecule has 0 spiro atoms. The van der Waals surface area contributed by atoms with Crippen molar-refractivity contribution >= 4 is 5.91 Å². The molecule has 0 aromatic heterocycles. The summed E-state index contributed by atoms with van der Waals surface area (Å²) in [6, 6.07) is 0. The largest absolute Gasteiger partial charge is 0.378 e. The zero-order valence-electron chi connectivity index (χ0n) is 9.29. The first-order valence-corrected chi connectivity index (χ1v) is 6.06. The average Bonchev–Trinajstić information content (AvgIpc) is 2.29. The van der Waals surface area contributed by atoms with E-state index in [-0.39, 0.29) is 11.4 Å². The highest BCUT2D eigenvalue weighted by Crippen LogP contribution is 2.48. The smallest absolute Gasteiger partial charge is 0.217 e. The quantitative estimate of drug-likeness (QED) is 0.710. The number of nitrogens with one attached hydrogen (secondary N) is 1. The van der Waals surface area contributed by atoms with E-state index in [0.717, 1.165) is 25.4 Å². The van der Waals surface area contributed by atoms with E-state index in [2.05, 4.69) is 5.32 Å². The van der Waals surface area contributed by atoms with Gasteiger partial charge in [0.15, 0.2) is 0 Å². The van der Waals surface area contributed by atoms with E-state index >= 15 is 0 Å². The van der Waals surface area contributed by atoms with Crippen LogP contribution in [0, 0.1) is 11.8 Å². The van der Waals surface area contributed by atoms with Crippen LogP contribution in [-0.2, 0) is 9.53 Å². The Hall–Kier alpha value is -0.570. The van der Waals surface area contributed by atoms with Crippen molar-refractivity contribution in [2.45, 2.75) is 50.7 Å². The van der Waals surface area contributed by atoms with Crippen LogP contribution in [0.2, 0.25) is 0 Å². The van der Waals surface area contributed by atoms with Crippen molar-refractivity contribution in [2.75, 3.05) is 6.61 Å². The first-order valence-electron chi connectivity index (χ1n) is 6.06. The fraction of sp³-hybridized carbons (Fsp3) is 0.917. The zero-order valence-corrected chi connectivity index (χ0v) is 9.29. The van der Waals surface area contributed by atoms with Crippen LogP contribution >= 0.6 is 0 Å². The maximum absolute atomic E-state index is 11.3. The Bertz CT molecular complexity index is 273. The van der Waals surface area contributed by atoms with Gasteiger partial charge in [-0.1, -0.05) is 0 Å². The summed E-state index contributed by atoms with van der Waals surface area (Å²) in [7, 11) is 0. The molecule has 1 amide bonds. The average molecular weight is 209 g/mol. The van der Waals surface area contributed by atoms with Gasteiger partial charge >= 0.3 is 0 Å². The van der Waals surface area contributed by atoms with Crippen LogP contribution in [0.15, 0.2) is 0 Å². The van der Waals surface area contributed by atoms with Crippen LogP contribution in [0.25, 0.3) is 0 Å². The van der Waals surface area contributed by atoms with E-state index in [1.165, 1.54) is 19.3 Å². The van der Waals surface area contributed by atoms with Gasteiger partial charge < -0.3 is 10.1 Å². The molecule has 2 aliphatic carbocycles. The third-order valence-corrected chi connectivity index (χ3v) is 4.25. The molecule has 4 aliphatic rings. The van der Waals surface area contributed by atoms with E-state index in [1.807, 2.05) is 0 Å². The minimum absolute atomic E-state index is 0.0822. The van der Waals surface area contributed by atoms with Crippen molar-refractivity contribution < 1.29 is 9.53 Å². The van der Waals surface area contributed by atoms with Crippen molar-refractivity contribution in [1.82, 2.24) is 5.32 Å². The fourth-order valence-electron chi connectivity index (χ4n) is 4.12. The molecule has 0 unspecified atom stereocenters. The molecule has 2 aliphatic heterocycles. The molecule has 2 heterocycles. The summed E-state index contributed by atoms with van der Waals surface area (Å²) in [5, 5.41) is 3.21. The highest BCUT2D eigenvalue weighted by molar-refractivity contribution is 5.73. The van der Waals surface area contributed by atoms with Gasteiger partial charge in [0.25, 0.3) is 0 Å². The number of amides is 1. The zero-order chi connectivity index (χ0) is 10.5. The van der Waals surface area contributed by atoms with Gasteiger partial charge in [0.05, 0.1) is 6.10 Å². The number of carbonyl (C=O) groups excluding carboxylic acids is 1. The lowest BCUT2D eigenvalue weighted by molar-refractivity contribution is -0.122. The molecule has 4 fully saturated rings. The number of hydrogen-bond donors (Lipinski definition) is 1. The molecule has 15 heavy (non-hydrogen) atoms. The van der Waals surface area contributed by atoms with Crippen LogP contribution in [-0.4, -0.2) is 24.2 Å². The van der Waals surface area contributed by atoms with E-state index in [0.29, 0.717) is 12.0 Å². The molecule has 84 valence electrons. The van der Waals surface area contributed by atoms with Gasteiger partial charge in [-0.05, 0) is 43.9 Å². The first kappa shape index (κ1) is 9.64. The number of fused-ring (bicyclic) bond motifs is 1. The molecule has 2 saturated carbocycles. The van der Waals surface area contributed by atoms with Crippen LogP contribution in [0.4, 0.5) is 0 Å². The van der Waals surface area contributed by atoms with Gasteiger partial charge in [-0.25, -0.2) is 0 Å². The molecule has 3 nitrogen and oxygen atoms in total. The topological polar surface area (TPSA) is 38.3 Å². The summed E-state index contributed by atoms with van der Waals surface area (Å²) in [6.07, 6.45) is 6.31. The molecule has 4 atom stereocenters. The highest BCUT2D eigenvalue weighted by Gasteiger charge is 2.49. The molecule has 0 radical (unpaired) electrons. The normalized spacial score (nSPS) is 47.7. The summed E-state index contributed by atoms with van der Waals surface area (Å²) in [6.45, 7) is 2.55. The Labute approximate surface area is 90.6 Å². The standard InChI is InChI=1S/C12H19NO2/c1-8(14)13-12-4-9-2-10(5-12)7-15-11(3-9)6-12/h9-11H,2-7H2,1H3,(H,13,14)/t9-,10+,11+,12-/m1/s1. The third-order valence-electron chi connectivity index (χ3n) is 4.25. The summed E-state index contributed by atoms with van der Waals surface area (Å²) in [5.74, 6) is 1.59. The van der Waals surface area contributed by atoms with E-state index < -0.39 is 0 Å². The van der Waals surface area contributed by atoms with Crippen LogP contribution in [0.5, 0.6) is 0 Å². The maximum atomic E-state index is 11.3. The molecular weight excluding hydrogens is 190 g/mol. The van der Waals surface area contributed by atoms with Gasteiger partial charge in [-0.2, -0.15) is 0 Å². The SMILES string of the molecule is CC(=O)N[C@@]12C[C@@H]3C[C@H](CO[C@@H](C3)C1)C2. The van der Waals surface area contributed by atoms with Gasteiger partial charge in [-0.15, -0.1) is 0 Å². The van der Waals surface area contributed by atoms with Crippen molar-refractivity contribution in [2.24, 2.45) is 11.8 Å². The molecule has 3 heteroatoms. The third kappa shape index (κ3) is 1.67. The van der Waals surface area contributed by atoms with Crippen LogP contribution < -0.4 is 5.32 Å². The van der Waals surface area contributed by atoms with Gasteiger partial charge in [0.1, 0.15) is 0 Å². The first-order chi connectivity index (χ1) is 7.15. The lowest BCUT2D eigenvalue weighted by atomic mass is 9.64. The number of carbonyl (C=O) groups is 1. The van der Waals surface area contributed by atoms with Gasteiger partial charge in [0.2, 0.25) is 5.91 Å². The molecule has 1 N–H and O–H groups in total. The Kier molecular flexibility index (Phi) is 2.06. The second-order valence-electron chi connectivity index (χ2n) is 5.73. The number of rotatable bonds is 1. The van der Waals surface area contributed by atoms with Crippen molar-refractivity contribution in [3.05, 3.63) is 0 Å². The molecular formula is C12H19NO2. The minimum Gasteiger partial charge on any atom is -0.378 e. The van der Waals surface area contributed by atoms with Crippen molar-refractivity contribution in [3.63, 3.8) is 0 Å². The molecule has 2 saturated heterocycles. The van der Waals surface area contributed by atoms with Crippen molar-refractivity contribution in [1.29, 1.82) is 0 Å². The molecule has 4 bridgehead atoms. The highest BCUT2D eigenvalue weighted by atomic mass is 16.5. The maximum Gasteiger partial charge on any atom is 0.217 e. The van der Waals surface area contributed by atoms with Gasteiger partial charge in [-0.3, -0.25) is 4.79 Å². The minimum atomic E-state index is 0.0822. The van der Waals surface area contributed by atoms with Crippen molar-refractivity contribution in [3.8, 4) is 0 Å². The number of hydrogen-bond acceptors (Lipinski definition) is 2. The Balaban J connectivity index is 1.87. The second kappa shape index (κ2) is 3.21. The van der Waals surface area contributed by atoms with E-state index in [1.54, 1.807) is 6.92 Å².